The van der Waals surface area contributed by atoms with Crippen LogP contribution in [0.2, 0.25) is 0 Å². The molecule has 3 heterocycles. The minimum Gasteiger partial charge on any atom is -0.370 e. The molecule has 2 aromatic carbocycles. The zero-order valence-corrected chi connectivity index (χ0v) is 61.0. The summed E-state index contributed by atoms with van der Waals surface area (Å²) in [6, 6.07) is 11.0. The highest BCUT2D eigenvalue weighted by molar-refractivity contribution is 5.96. The number of nitrogens with one attached hydrogen (secondary N) is 11. The number of amides is 9. The molecule has 17 N–H and O–H groups in total. The second-order valence-corrected chi connectivity index (χ2v) is 26.6. The van der Waals surface area contributed by atoms with Crippen molar-refractivity contribution in [3.8, 4) is 0 Å². The van der Waals surface area contributed by atoms with Crippen molar-refractivity contribution in [3.63, 3.8) is 0 Å². The lowest BCUT2D eigenvalue weighted by Gasteiger charge is -2.27. The lowest BCUT2D eigenvalue weighted by atomic mass is 10.0. The number of aliphatic imine (C=N–C) groups is 1. The summed E-state index contributed by atoms with van der Waals surface area (Å²) in [6.45, 7) is 4.76. The molecule has 103 heavy (non-hydrogen) atoms. The van der Waals surface area contributed by atoms with Gasteiger partial charge in [0.25, 0.3) is 11.8 Å². The summed E-state index contributed by atoms with van der Waals surface area (Å²) in [4.78, 5) is 138. The van der Waals surface area contributed by atoms with Crippen LogP contribution in [0.25, 0.3) is 10.9 Å². The number of allylic oxidation sites excluding steroid dienone is 4. The first-order valence-electron chi connectivity index (χ1n) is 37.7. The van der Waals surface area contributed by atoms with Crippen molar-refractivity contribution in [2.24, 2.45) is 22.2 Å². The van der Waals surface area contributed by atoms with Crippen LogP contribution < -0.4 is 65.2 Å². The van der Waals surface area contributed by atoms with Gasteiger partial charge in [0.2, 0.25) is 53.8 Å². The van der Waals surface area contributed by atoms with E-state index in [0.29, 0.717) is 43.5 Å². The second-order valence-electron chi connectivity index (χ2n) is 26.6. The van der Waals surface area contributed by atoms with Gasteiger partial charge in [-0.2, -0.15) is 5.01 Å². The molecule has 0 saturated carbocycles. The predicted molar refractivity (Wildman–Crippen MR) is 401 cm³/mol. The molecule has 2 unspecified atom stereocenters. The number of ether oxygens (including phenoxy) is 1. The van der Waals surface area contributed by atoms with E-state index in [1.54, 1.807) is 36.5 Å². The fourth-order valence-corrected chi connectivity index (χ4v) is 11.9. The number of hydrogen-bond donors (Lipinski definition) is 14. The Morgan fingerprint density at radius 2 is 1.05 bits per heavy atom. The number of nitrogens with zero attached hydrogens (tertiary/aromatic N) is 3. The molecule has 1 aliphatic rings. The van der Waals surface area contributed by atoms with E-state index in [0.717, 1.165) is 111 Å². The number of unbranched alkanes of at least 4 members (excludes halogenated alkanes) is 18. The highest BCUT2D eigenvalue weighted by Gasteiger charge is 2.42. The number of nitrogens with two attached hydrogens (primary N) is 3. The largest absolute Gasteiger partial charge is 0.370 e. The van der Waals surface area contributed by atoms with Gasteiger partial charge >= 0.3 is 0 Å². The number of fused-ring (bicyclic) bond motifs is 1. The van der Waals surface area contributed by atoms with E-state index in [1.807, 2.05) is 24.3 Å². The fraction of sp³-hybridized carbons (Fsp3) is 0.592. The van der Waals surface area contributed by atoms with Gasteiger partial charge < -0.3 is 74.4 Å². The van der Waals surface area contributed by atoms with E-state index in [-0.39, 0.29) is 76.1 Å². The molecule has 4 aromatic rings. The molecule has 27 heteroatoms. The average Bonchev–Trinajstić information content (AvgIpc) is 1.71. The van der Waals surface area contributed by atoms with E-state index in [9.17, 15) is 43.2 Å². The summed E-state index contributed by atoms with van der Waals surface area (Å²) in [6.07, 6.45) is 37.0. The maximum atomic E-state index is 14.8. The predicted octanol–water partition coefficient (Wildman–Crippen LogP) is 6.65. The molecule has 27 nitrogen and oxygen atoms in total. The maximum absolute atomic E-state index is 14.8. The van der Waals surface area contributed by atoms with Crippen LogP contribution >= 0.6 is 0 Å². The molecule has 0 radical (unpaired) electrons. The van der Waals surface area contributed by atoms with E-state index in [4.69, 9.17) is 21.9 Å². The number of hydrogen-bond acceptors (Lipinski definition) is 14. The number of rotatable bonds is 56. The van der Waals surface area contributed by atoms with Crippen LogP contribution in [0.5, 0.6) is 0 Å². The molecule has 9 amide bonds. The number of H-pyrrole nitrogens is 2. The molecule has 0 spiro atoms. The molecular formula is C76H119N17O10. The summed E-state index contributed by atoms with van der Waals surface area (Å²) < 4.78 is 6.01. The number of benzene rings is 2. The first kappa shape index (κ1) is 84.7. The summed E-state index contributed by atoms with van der Waals surface area (Å²) in [5.41, 5.74) is 22.5. The third-order valence-corrected chi connectivity index (χ3v) is 17.8. The topological polar surface area (TPSA) is 409 Å². The number of para-hydroxylation sites is 1. The Hall–Kier alpha value is -8.95. The van der Waals surface area contributed by atoms with Crippen molar-refractivity contribution < 1.29 is 47.9 Å². The Bertz CT molecular complexity index is 3230. The molecule has 2 aromatic heterocycles. The molecule has 0 aliphatic carbocycles. The van der Waals surface area contributed by atoms with Crippen molar-refractivity contribution >= 4 is 70.0 Å². The summed E-state index contributed by atoms with van der Waals surface area (Å²) in [5.74, 6) is -5.64. The Morgan fingerprint density at radius 3 is 1.62 bits per heavy atom. The Labute approximate surface area is 608 Å². The van der Waals surface area contributed by atoms with Crippen LogP contribution in [0.4, 0.5) is 0 Å². The smallest absolute Gasteiger partial charge is 0.265 e. The first-order chi connectivity index (χ1) is 50.0. The third-order valence-electron chi connectivity index (χ3n) is 17.8. The van der Waals surface area contributed by atoms with Gasteiger partial charge in [0.05, 0.1) is 12.9 Å². The monoisotopic (exact) mass is 1430 g/mol. The number of aromatic amines is 2. The zero-order valence-electron chi connectivity index (χ0n) is 61.0. The Kier molecular flexibility index (Phi) is 42.1. The third kappa shape index (κ3) is 35.7. The number of hydrazine groups is 1. The number of primary amides is 1. The Balaban J connectivity index is 1.21. The lowest BCUT2D eigenvalue weighted by molar-refractivity contribution is -0.144. The van der Waals surface area contributed by atoms with Gasteiger partial charge in [-0.15, -0.1) is 0 Å². The maximum Gasteiger partial charge on any atom is 0.265 e. The number of carbonyl (C=O) groups is 9. The van der Waals surface area contributed by atoms with Crippen molar-refractivity contribution in [2.75, 3.05) is 39.3 Å². The van der Waals surface area contributed by atoms with E-state index >= 15 is 0 Å². The minimum absolute atomic E-state index is 0.0120. The number of aromatic nitrogens is 3. The SMILES string of the molecule is CCCCCC/C=C\CCCCCCCC(=O)NCCCNC(=O)C1NN(CC(=O)N[C@@H](Cc2cnc[nH]2)C(=O)N[C@H](Cc2ccccc2)C(=O)N[C@@H](CCCN=C(N)N)C(=O)N[C@@H](Cc2c[nH]c3ccccc23)C(N)=O)C(C(=O)NCCCNC(=O)CCCCCCC/C=C\CCCCCC)O1. The number of guanidine groups is 1. The van der Waals surface area contributed by atoms with E-state index in [2.05, 4.69) is 106 Å². The normalized spacial score (nSPS) is 14.9. The number of imidazole rings is 1. The van der Waals surface area contributed by atoms with Gasteiger partial charge in [-0.25, -0.2) is 10.4 Å². The number of carbonyl (C=O) groups excluding carboxylic acids is 9. The highest BCUT2D eigenvalue weighted by atomic mass is 16.6. The summed E-state index contributed by atoms with van der Waals surface area (Å²) in [7, 11) is 0. The molecule has 1 saturated heterocycles. The molecule has 1 fully saturated rings. The standard InChI is InChI=1S/C76H119N17O10/c1-3-5-7-9-11-13-15-17-19-21-23-25-30-42-65(94)81-45-35-47-83-72(101)74-92-93(75(103-74)73(102)84-48-36-46-82-66(95)43-31-26-24-22-20-18-16-14-12-10-8-6-4-2)54-67(96)88-64(51-58-53-80-55-87-58)71(100)91-63(49-56-37-28-27-29-38-56)70(99)89-61(41-34-44-85-76(78)79)69(98)90-62(68(77)97)50-57-52-86-60-40-33-32-39-59(57)60/h13-16,27-29,32-33,37-40,52-53,55,61-64,74-75,86,92H,3-12,17-26,30-31,34-36,41-51,54H2,1-2H3,(H2,77,97)(H,80,87)(H,81,94)(H,82,95)(H,83,101)(H,84,102)(H,88,96)(H,89,99)(H,90,98)(H,91,100)(H4,78,79,85)/b15-13-,16-14-/t61-,62-,63+,64-,74?,75?/m0/s1. The second kappa shape index (κ2) is 51.2. The van der Waals surface area contributed by atoms with Crippen molar-refractivity contribution in [3.05, 3.63) is 114 Å². The molecule has 5 rings (SSSR count). The molecule has 6 atom stereocenters. The van der Waals surface area contributed by atoms with Gasteiger partial charge in [-0.05, 0) is 107 Å². The van der Waals surface area contributed by atoms with Crippen LogP contribution in [0.1, 0.15) is 210 Å². The quantitative estimate of drug-likeness (QED) is 0.00953. The molecule has 568 valence electrons. The van der Waals surface area contributed by atoms with E-state index < -0.39 is 84.5 Å². The zero-order chi connectivity index (χ0) is 74.1. The van der Waals surface area contributed by atoms with E-state index in [1.165, 1.54) is 63.9 Å². The molecular weight excluding hydrogens is 1310 g/mol. The first-order valence-corrected chi connectivity index (χ1v) is 37.7. The van der Waals surface area contributed by atoms with Crippen LogP contribution in [0.3, 0.4) is 0 Å². The Morgan fingerprint density at radius 1 is 0.534 bits per heavy atom. The van der Waals surface area contributed by atoms with Crippen LogP contribution in [0.15, 0.2) is 103 Å². The molecule has 1 aliphatic heterocycles. The van der Waals surface area contributed by atoms with Crippen molar-refractivity contribution in [2.45, 2.75) is 250 Å². The lowest BCUT2D eigenvalue weighted by Crippen LogP contribution is -2.59. The van der Waals surface area contributed by atoms with Crippen LogP contribution in [0, 0.1) is 0 Å². The fourth-order valence-electron chi connectivity index (χ4n) is 11.9. The van der Waals surface area contributed by atoms with Crippen LogP contribution in [-0.4, -0.2) is 155 Å². The van der Waals surface area contributed by atoms with Crippen molar-refractivity contribution in [1.29, 1.82) is 0 Å². The van der Waals surface area contributed by atoms with Gasteiger partial charge in [0.15, 0.2) is 5.96 Å². The van der Waals surface area contributed by atoms with Gasteiger partial charge in [-0.1, -0.05) is 164 Å². The van der Waals surface area contributed by atoms with Gasteiger partial charge in [0.1, 0.15) is 24.2 Å². The summed E-state index contributed by atoms with van der Waals surface area (Å²) >= 11 is 0. The van der Waals surface area contributed by atoms with Crippen molar-refractivity contribution in [1.82, 2.24) is 67.9 Å². The molecule has 0 bridgehead atoms. The van der Waals surface area contributed by atoms with Gasteiger partial charge in [0, 0.05) is 93.8 Å². The van der Waals surface area contributed by atoms with Gasteiger partial charge in [-0.3, -0.25) is 48.1 Å². The average molecular weight is 1430 g/mol. The minimum atomic E-state index is -1.54. The summed E-state index contributed by atoms with van der Waals surface area (Å²) in [5, 5.41) is 24.4. The highest BCUT2D eigenvalue weighted by Crippen LogP contribution is 2.20. The van der Waals surface area contributed by atoms with Crippen LogP contribution in [-0.2, 0) is 67.2 Å².